The van der Waals surface area contributed by atoms with Crippen molar-refractivity contribution >= 4 is 17.4 Å². The number of carbonyl (C=O) groups is 2. The number of hydrogen-bond donors (Lipinski definition) is 3. The van der Waals surface area contributed by atoms with E-state index in [2.05, 4.69) is 5.32 Å². The highest BCUT2D eigenvalue weighted by molar-refractivity contribution is 6.05. The van der Waals surface area contributed by atoms with Crippen LogP contribution in [0.25, 0.3) is 5.57 Å². The van der Waals surface area contributed by atoms with Gasteiger partial charge in [-0.2, -0.15) is 13.2 Å². The number of alkyl halides is 3. The Kier molecular flexibility index (Phi) is 9.36. The zero-order valence-corrected chi connectivity index (χ0v) is 25.2. The fourth-order valence-electron chi connectivity index (χ4n) is 5.82. The van der Waals surface area contributed by atoms with Gasteiger partial charge in [0.1, 0.15) is 5.75 Å². The van der Waals surface area contributed by atoms with Crippen LogP contribution in [0.2, 0.25) is 0 Å². The summed E-state index contributed by atoms with van der Waals surface area (Å²) in [5, 5.41) is 24.5. The first-order valence-corrected chi connectivity index (χ1v) is 15.0. The van der Waals surface area contributed by atoms with E-state index in [9.17, 15) is 33.0 Å². The van der Waals surface area contributed by atoms with Gasteiger partial charge in [0.25, 0.3) is 5.91 Å². The molecule has 3 aromatic carbocycles. The van der Waals surface area contributed by atoms with Gasteiger partial charge in [-0.25, -0.2) is 0 Å². The van der Waals surface area contributed by atoms with Crippen molar-refractivity contribution in [3.63, 3.8) is 0 Å². The lowest BCUT2D eigenvalue weighted by atomic mass is 9.86. The number of ether oxygens (including phenoxy) is 1. The first kappa shape index (κ1) is 32.2. The molecule has 2 unspecified atom stereocenters. The summed E-state index contributed by atoms with van der Waals surface area (Å²) in [6.07, 6.45) is -4.76. The minimum Gasteiger partial charge on any atom is -0.494 e. The molecule has 10 heteroatoms. The predicted octanol–water partition coefficient (Wildman–Crippen LogP) is 6.06. The summed E-state index contributed by atoms with van der Waals surface area (Å²) in [4.78, 5) is 28.1. The Bertz CT molecular complexity index is 1580. The number of hydrogen-bond acceptors (Lipinski definition) is 5. The molecule has 0 saturated heterocycles. The van der Waals surface area contributed by atoms with E-state index in [-0.39, 0.29) is 37.4 Å². The van der Waals surface area contributed by atoms with E-state index in [1.54, 1.807) is 56.3 Å². The summed E-state index contributed by atoms with van der Waals surface area (Å²) in [5.74, 6) is -0.185. The lowest BCUT2D eigenvalue weighted by Crippen LogP contribution is -2.44. The minimum absolute atomic E-state index is 0.0376. The molecule has 2 amide bonds. The summed E-state index contributed by atoms with van der Waals surface area (Å²) >= 11 is 0. The van der Waals surface area contributed by atoms with E-state index < -0.39 is 24.4 Å². The van der Waals surface area contributed by atoms with Crippen molar-refractivity contribution in [2.75, 3.05) is 13.2 Å². The molecule has 0 bridgehead atoms. The maximum absolute atomic E-state index is 13.6. The highest BCUT2D eigenvalue weighted by Crippen LogP contribution is 2.36. The number of aliphatic hydroxyl groups is 2. The molecule has 0 saturated carbocycles. The largest absolute Gasteiger partial charge is 0.494 e. The van der Waals surface area contributed by atoms with Gasteiger partial charge in [0.15, 0.2) is 6.23 Å². The van der Waals surface area contributed by atoms with Gasteiger partial charge >= 0.3 is 6.18 Å². The fourth-order valence-corrected chi connectivity index (χ4v) is 5.82. The van der Waals surface area contributed by atoms with Crippen LogP contribution in [0.3, 0.4) is 0 Å². The zero-order chi connectivity index (χ0) is 32.4. The Morgan fingerprint density at radius 3 is 2.42 bits per heavy atom. The molecule has 7 nitrogen and oxygen atoms in total. The van der Waals surface area contributed by atoms with Crippen LogP contribution < -0.4 is 10.1 Å². The van der Waals surface area contributed by atoms with E-state index >= 15 is 0 Å². The van der Waals surface area contributed by atoms with Crippen molar-refractivity contribution in [1.29, 1.82) is 0 Å². The summed E-state index contributed by atoms with van der Waals surface area (Å²) < 4.78 is 42.8. The van der Waals surface area contributed by atoms with Crippen molar-refractivity contribution in [3.8, 4) is 5.75 Å². The lowest BCUT2D eigenvalue weighted by molar-refractivity contribution is -0.136. The van der Waals surface area contributed by atoms with Crippen molar-refractivity contribution in [2.45, 2.75) is 70.0 Å². The second-order valence-corrected chi connectivity index (χ2v) is 12.1. The average molecular weight is 623 g/mol. The molecule has 2 aliphatic heterocycles. The minimum atomic E-state index is -4.21. The summed E-state index contributed by atoms with van der Waals surface area (Å²) in [5.41, 5.74) is 3.42. The molecule has 5 rings (SSSR count). The quantitative estimate of drug-likeness (QED) is 0.226. The van der Waals surface area contributed by atoms with Crippen molar-refractivity contribution < 1.29 is 37.7 Å². The average Bonchev–Trinajstić information content (AvgIpc) is 3.23. The smallest absolute Gasteiger partial charge is 0.389 e. The number of amides is 2. The van der Waals surface area contributed by atoms with E-state index in [4.69, 9.17) is 4.74 Å². The third-order valence-corrected chi connectivity index (χ3v) is 8.27. The van der Waals surface area contributed by atoms with Crippen LogP contribution >= 0.6 is 0 Å². The summed E-state index contributed by atoms with van der Waals surface area (Å²) in [7, 11) is 0. The SMILES string of the molecule is CC(C)(O)c1ccc(C2=C(CN3C(=O)c4ccccc4C3O)C(=O)NC(CCc3cccc(OCCCC(F)(F)F)c3)C2)cc1. The molecule has 0 radical (unpaired) electrons. The van der Waals surface area contributed by atoms with Gasteiger partial charge in [0.05, 0.1) is 18.8 Å². The maximum atomic E-state index is 13.6. The van der Waals surface area contributed by atoms with Crippen molar-refractivity contribution in [3.05, 3.63) is 106 Å². The molecule has 3 aromatic rings. The molecule has 2 heterocycles. The molecule has 238 valence electrons. The summed E-state index contributed by atoms with van der Waals surface area (Å²) in [6, 6.07) is 21.1. The molecular formula is C35H37F3N2O5. The Balaban J connectivity index is 1.34. The van der Waals surface area contributed by atoms with Gasteiger partial charge in [0.2, 0.25) is 5.91 Å². The van der Waals surface area contributed by atoms with Gasteiger partial charge < -0.3 is 25.2 Å². The molecule has 2 aliphatic rings. The van der Waals surface area contributed by atoms with Crippen LogP contribution in [-0.4, -0.2) is 52.3 Å². The number of nitrogens with one attached hydrogen (secondary N) is 1. The molecule has 45 heavy (non-hydrogen) atoms. The number of nitrogens with zero attached hydrogens (tertiary/aromatic N) is 1. The number of aliphatic hydroxyl groups excluding tert-OH is 1. The molecule has 3 N–H and O–H groups in total. The lowest BCUT2D eigenvalue weighted by Gasteiger charge is -2.31. The normalized spacial score (nSPS) is 18.7. The Morgan fingerprint density at radius 1 is 1.00 bits per heavy atom. The van der Waals surface area contributed by atoms with Gasteiger partial charge in [-0.05, 0) is 80.0 Å². The molecule has 0 fully saturated rings. The highest BCUT2D eigenvalue weighted by atomic mass is 19.4. The molecule has 0 aliphatic carbocycles. The first-order valence-electron chi connectivity index (χ1n) is 15.0. The molecule has 0 aromatic heterocycles. The van der Waals surface area contributed by atoms with E-state index in [1.807, 2.05) is 30.3 Å². The molecule has 0 spiro atoms. The summed E-state index contributed by atoms with van der Waals surface area (Å²) in [6.45, 7) is 3.27. The second kappa shape index (κ2) is 13.1. The highest BCUT2D eigenvalue weighted by Gasteiger charge is 2.38. The fraction of sp³-hybridized carbons (Fsp3) is 0.371. The third-order valence-electron chi connectivity index (χ3n) is 8.27. The van der Waals surface area contributed by atoms with E-state index in [1.165, 1.54) is 4.90 Å². The topological polar surface area (TPSA) is 99.1 Å². The van der Waals surface area contributed by atoms with Gasteiger partial charge in [-0.3, -0.25) is 9.59 Å². The van der Waals surface area contributed by atoms with Crippen LogP contribution in [0.1, 0.15) is 78.4 Å². The van der Waals surface area contributed by atoms with Crippen LogP contribution in [0.15, 0.2) is 78.4 Å². The number of rotatable bonds is 11. The van der Waals surface area contributed by atoms with Crippen molar-refractivity contribution in [1.82, 2.24) is 10.2 Å². The van der Waals surface area contributed by atoms with E-state index in [0.717, 1.165) is 16.7 Å². The van der Waals surface area contributed by atoms with Gasteiger partial charge in [-0.1, -0.05) is 54.6 Å². The number of benzene rings is 3. The monoisotopic (exact) mass is 622 g/mol. The van der Waals surface area contributed by atoms with Crippen LogP contribution in [0, 0.1) is 0 Å². The van der Waals surface area contributed by atoms with Crippen LogP contribution in [-0.2, 0) is 16.8 Å². The van der Waals surface area contributed by atoms with Gasteiger partial charge in [-0.15, -0.1) is 0 Å². The Labute approximate surface area is 260 Å². The van der Waals surface area contributed by atoms with Gasteiger partial charge in [0, 0.05) is 29.2 Å². The Morgan fingerprint density at radius 2 is 1.73 bits per heavy atom. The number of halogens is 3. The van der Waals surface area contributed by atoms with Crippen LogP contribution in [0.4, 0.5) is 13.2 Å². The third kappa shape index (κ3) is 7.75. The Hall–Kier alpha value is -4.15. The predicted molar refractivity (Wildman–Crippen MR) is 163 cm³/mol. The number of carbonyl (C=O) groups excluding carboxylic acids is 2. The van der Waals surface area contributed by atoms with Crippen LogP contribution in [0.5, 0.6) is 5.75 Å². The number of fused-ring (bicyclic) bond motifs is 1. The molecular weight excluding hydrogens is 585 g/mol. The first-order chi connectivity index (χ1) is 21.3. The van der Waals surface area contributed by atoms with Crippen molar-refractivity contribution in [2.24, 2.45) is 0 Å². The number of aryl methyl sites for hydroxylation is 1. The second-order valence-electron chi connectivity index (χ2n) is 12.1. The molecule has 2 atom stereocenters. The van der Waals surface area contributed by atoms with E-state index in [0.29, 0.717) is 47.3 Å². The standard InChI is InChI=1S/C35H37F3N2O5/c1-34(2,44)24-14-12-23(13-15-24)29-20-25(16-11-22-7-5-8-26(19-22)45-18-6-17-35(36,37)38)39-31(41)30(29)21-40-32(42)27-9-3-4-10-28(27)33(40)43/h3-5,7-10,12-15,19,25,32,42,44H,6,11,16-18,20-21H2,1-2H3,(H,39,41). The zero-order valence-electron chi connectivity index (χ0n) is 25.2. The maximum Gasteiger partial charge on any atom is 0.389 e.